The number of hydrogen-bond acceptors (Lipinski definition) is 2. The maximum absolute atomic E-state index is 11.6. The van der Waals surface area contributed by atoms with Crippen LogP contribution < -0.4 is 10.7 Å². The van der Waals surface area contributed by atoms with E-state index < -0.39 is 0 Å². The largest absolute Gasteiger partial charge is 0.332 e. The molecule has 0 spiro atoms. The van der Waals surface area contributed by atoms with Gasteiger partial charge in [0.15, 0.2) is 0 Å². The van der Waals surface area contributed by atoms with Gasteiger partial charge in [0, 0.05) is 18.1 Å². The molecule has 0 aliphatic heterocycles. The average molecular weight is 201 g/mol. The summed E-state index contributed by atoms with van der Waals surface area (Å²) in [6.45, 7) is 11.9. The number of hydrogen-bond donors (Lipinski definition) is 2. The summed E-state index contributed by atoms with van der Waals surface area (Å²) in [6, 6.07) is -0.118. The van der Waals surface area contributed by atoms with E-state index in [1.165, 1.54) is 5.01 Å². The Kier molecular flexibility index (Phi) is 3.94. The summed E-state index contributed by atoms with van der Waals surface area (Å²) >= 11 is 0. The lowest BCUT2D eigenvalue weighted by atomic mass is 10.1. The van der Waals surface area contributed by atoms with Gasteiger partial charge in [0.1, 0.15) is 0 Å². The van der Waals surface area contributed by atoms with E-state index in [0.717, 1.165) is 0 Å². The number of carbonyl (C=O) groups is 1. The lowest BCUT2D eigenvalue weighted by Gasteiger charge is -2.31. The Hall–Kier alpha value is -0.770. The lowest BCUT2D eigenvalue weighted by molar-refractivity contribution is 0.151. The minimum absolute atomic E-state index is 0.107. The van der Waals surface area contributed by atoms with Crippen molar-refractivity contribution in [3.05, 3.63) is 0 Å². The van der Waals surface area contributed by atoms with Crippen molar-refractivity contribution in [2.24, 2.45) is 0 Å². The second-order valence-corrected chi connectivity index (χ2v) is 5.60. The zero-order chi connectivity index (χ0) is 11.6. The van der Waals surface area contributed by atoms with Crippen LogP contribution in [0.1, 0.15) is 41.5 Å². The standard InChI is InChI=1S/C10H23N3O/c1-9(2,3)11-8(14)13(7)12-10(4,5)6/h12H,1-7H3,(H,11,14). The molecule has 0 radical (unpaired) electrons. The Bertz CT molecular complexity index is 200. The van der Waals surface area contributed by atoms with E-state index in [1.54, 1.807) is 7.05 Å². The Morgan fingerprint density at radius 3 is 1.71 bits per heavy atom. The average Bonchev–Trinajstić information content (AvgIpc) is 1.78. The van der Waals surface area contributed by atoms with Crippen LogP contribution in [0.25, 0.3) is 0 Å². The SMILES string of the molecule is CN(NC(C)(C)C)C(=O)NC(C)(C)C. The second kappa shape index (κ2) is 4.17. The van der Waals surface area contributed by atoms with Gasteiger partial charge in [-0.2, -0.15) is 0 Å². The molecule has 14 heavy (non-hydrogen) atoms. The van der Waals surface area contributed by atoms with Crippen LogP contribution in [-0.2, 0) is 0 Å². The number of nitrogens with one attached hydrogen (secondary N) is 2. The van der Waals surface area contributed by atoms with Crippen LogP contribution in [0.15, 0.2) is 0 Å². The minimum Gasteiger partial charge on any atom is -0.332 e. The topological polar surface area (TPSA) is 44.4 Å². The maximum Gasteiger partial charge on any atom is 0.331 e. The number of amides is 2. The van der Waals surface area contributed by atoms with Gasteiger partial charge in [-0.15, -0.1) is 0 Å². The molecule has 0 aromatic rings. The molecule has 2 amide bonds. The monoisotopic (exact) mass is 201 g/mol. The molecule has 0 bridgehead atoms. The molecule has 4 heteroatoms. The summed E-state index contributed by atoms with van der Waals surface area (Å²) in [4.78, 5) is 11.6. The van der Waals surface area contributed by atoms with Crippen LogP contribution in [0.4, 0.5) is 4.79 Å². The highest BCUT2D eigenvalue weighted by atomic mass is 16.2. The second-order valence-electron chi connectivity index (χ2n) is 5.60. The molecule has 0 fully saturated rings. The van der Waals surface area contributed by atoms with Gasteiger partial charge in [0.05, 0.1) is 0 Å². The fourth-order valence-electron chi connectivity index (χ4n) is 0.959. The van der Waals surface area contributed by atoms with E-state index in [1.807, 2.05) is 41.5 Å². The molecule has 0 aliphatic rings. The first-order valence-corrected chi connectivity index (χ1v) is 4.85. The molecule has 0 saturated carbocycles. The van der Waals surface area contributed by atoms with Crippen molar-refractivity contribution in [2.75, 3.05) is 7.05 Å². The van der Waals surface area contributed by atoms with E-state index >= 15 is 0 Å². The summed E-state index contributed by atoms with van der Waals surface area (Å²) in [7, 11) is 1.71. The highest BCUT2D eigenvalue weighted by molar-refractivity contribution is 5.74. The molecule has 0 unspecified atom stereocenters. The molecular weight excluding hydrogens is 178 g/mol. The van der Waals surface area contributed by atoms with Gasteiger partial charge in [-0.1, -0.05) is 0 Å². The Balaban J connectivity index is 4.15. The Labute approximate surface area is 87.0 Å². The van der Waals surface area contributed by atoms with Crippen LogP contribution in [-0.4, -0.2) is 29.2 Å². The van der Waals surface area contributed by atoms with Crippen LogP contribution >= 0.6 is 0 Å². The zero-order valence-corrected chi connectivity index (χ0v) is 10.4. The highest BCUT2D eigenvalue weighted by Crippen LogP contribution is 2.02. The molecule has 2 N–H and O–H groups in total. The molecule has 0 aromatic carbocycles. The van der Waals surface area contributed by atoms with Gasteiger partial charge in [0.2, 0.25) is 0 Å². The third-order valence-electron chi connectivity index (χ3n) is 1.29. The molecule has 0 aliphatic carbocycles. The van der Waals surface area contributed by atoms with Crippen LogP contribution in [0.3, 0.4) is 0 Å². The van der Waals surface area contributed by atoms with Crippen LogP contribution in [0.2, 0.25) is 0 Å². The fourth-order valence-corrected chi connectivity index (χ4v) is 0.959. The van der Waals surface area contributed by atoms with E-state index in [-0.39, 0.29) is 17.1 Å². The predicted molar refractivity (Wildman–Crippen MR) is 58.9 cm³/mol. The zero-order valence-electron chi connectivity index (χ0n) is 10.4. The van der Waals surface area contributed by atoms with Crippen molar-refractivity contribution < 1.29 is 4.79 Å². The number of nitrogens with zero attached hydrogens (tertiary/aromatic N) is 1. The van der Waals surface area contributed by atoms with Crippen LogP contribution in [0.5, 0.6) is 0 Å². The Morgan fingerprint density at radius 2 is 1.43 bits per heavy atom. The lowest BCUT2D eigenvalue weighted by Crippen LogP contribution is -2.56. The number of urea groups is 1. The summed E-state index contributed by atoms with van der Waals surface area (Å²) in [5.74, 6) is 0. The van der Waals surface area contributed by atoms with Crippen molar-refractivity contribution in [3.8, 4) is 0 Å². The van der Waals surface area contributed by atoms with Crippen molar-refractivity contribution in [1.82, 2.24) is 15.8 Å². The van der Waals surface area contributed by atoms with E-state index in [2.05, 4.69) is 10.7 Å². The van der Waals surface area contributed by atoms with Crippen LogP contribution in [0, 0.1) is 0 Å². The number of carbonyl (C=O) groups excluding carboxylic acids is 1. The smallest absolute Gasteiger partial charge is 0.331 e. The third kappa shape index (κ3) is 6.71. The highest BCUT2D eigenvalue weighted by Gasteiger charge is 2.20. The summed E-state index contributed by atoms with van der Waals surface area (Å²) in [5, 5.41) is 4.34. The van der Waals surface area contributed by atoms with Crippen molar-refractivity contribution in [1.29, 1.82) is 0 Å². The molecule has 0 aromatic heterocycles. The first-order valence-electron chi connectivity index (χ1n) is 4.85. The molecule has 0 heterocycles. The van der Waals surface area contributed by atoms with E-state index in [0.29, 0.717) is 0 Å². The fraction of sp³-hybridized carbons (Fsp3) is 0.900. The first-order chi connectivity index (χ1) is 6.01. The van der Waals surface area contributed by atoms with Gasteiger partial charge in [-0.05, 0) is 41.5 Å². The minimum atomic E-state index is -0.203. The third-order valence-corrected chi connectivity index (χ3v) is 1.29. The molecule has 0 rings (SSSR count). The van der Waals surface area contributed by atoms with Gasteiger partial charge >= 0.3 is 6.03 Å². The molecule has 0 saturated heterocycles. The molecular formula is C10H23N3O. The number of hydrazine groups is 1. The molecule has 0 atom stereocenters. The van der Waals surface area contributed by atoms with Crippen molar-refractivity contribution in [3.63, 3.8) is 0 Å². The van der Waals surface area contributed by atoms with Crippen molar-refractivity contribution >= 4 is 6.03 Å². The Morgan fingerprint density at radius 1 is 1.00 bits per heavy atom. The summed E-state index contributed by atoms with van der Waals surface area (Å²) in [5.41, 5.74) is 2.75. The van der Waals surface area contributed by atoms with E-state index in [4.69, 9.17) is 0 Å². The molecule has 4 nitrogen and oxygen atoms in total. The van der Waals surface area contributed by atoms with Gasteiger partial charge in [0.25, 0.3) is 0 Å². The summed E-state index contributed by atoms with van der Waals surface area (Å²) < 4.78 is 0. The number of rotatable bonds is 1. The predicted octanol–water partition coefficient (Wildman–Crippen LogP) is 1.73. The first kappa shape index (κ1) is 13.2. The van der Waals surface area contributed by atoms with E-state index in [9.17, 15) is 4.79 Å². The van der Waals surface area contributed by atoms with Gasteiger partial charge in [-0.3, -0.25) is 5.01 Å². The van der Waals surface area contributed by atoms with Crippen molar-refractivity contribution in [2.45, 2.75) is 52.6 Å². The summed E-state index contributed by atoms with van der Waals surface area (Å²) in [6.07, 6.45) is 0. The molecule has 84 valence electrons. The van der Waals surface area contributed by atoms with Gasteiger partial charge in [-0.25, -0.2) is 10.2 Å². The van der Waals surface area contributed by atoms with Gasteiger partial charge < -0.3 is 5.32 Å². The maximum atomic E-state index is 11.6. The quantitative estimate of drug-likeness (QED) is 0.635. The normalized spacial score (nSPS) is 12.5.